The van der Waals surface area contributed by atoms with Crippen molar-refractivity contribution in [2.75, 3.05) is 4.72 Å². The van der Waals surface area contributed by atoms with Gasteiger partial charge in [0.25, 0.3) is 15.9 Å². The van der Waals surface area contributed by atoms with Crippen LogP contribution in [0.3, 0.4) is 0 Å². The lowest BCUT2D eigenvalue weighted by Crippen LogP contribution is -2.26. The van der Waals surface area contributed by atoms with Gasteiger partial charge in [-0.05, 0) is 55.0 Å². The third kappa shape index (κ3) is 4.71. The fourth-order valence-electron chi connectivity index (χ4n) is 2.69. The van der Waals surface area contributed by atoms with Gasteiger partial charge in [0.1, 0.15) is 0 Å². The molecule has 0 saturated heterocycles. The van der Waals surface area contributed by atoms with Crippen LogP contribution in [-0.4, -0.2) is 14.3 Å². The van der Waals surface area contributed by atoms with Crippen LogP contribution < -0.4 is 10.0 Å². The van der Waals surface area contributed by atoms with E-state index in [0.29, 0.717) is 16.3 Å². The number of hydrogen-bond donors (Lipinski definition) is 2. The van der Waals surface area contributed by atoms with Crippen molar-refractivity contribution in [2.45, 2.75) is 17.9 Å². The maximum atomic E-state index is 12.5. The number of amides is 1. The highest BCUT2D eigenvalue weighted by Gasteiger charge is 2.15. The Kier molecular flexibility index (Phi) is 6.02. The quantitative estimate of drug-likeness (QED) is 0.617. The first-order chi connectivity index (χ1) is 13.4. The molecule has 28 heavy (non-hydrogen) atoms. The number of nitrogens with one attached hydrogen (secondary N) is 2. The van der Waals surface area contributed by atoms with E-state index in [0.717, 1.165) is 5.56 Å². The lowest BCUT2D eigenvalue weighted by Gasteiger charge is -2.16. The zero-order chi connectivity index (χ0) is 20.1. The van der Waals surface area contributed by atoms with Crippen LogP contribution in [0.1, 0.15) is 28.9 Å². The molecule has 3 aromatic carbocycles. The number of halogens is 1. The van der Waals surface area contributed by atoms with Crippen molar-refractivity contribution in [2.24, 2.45) is 0 Å². The molecule has 1 amide bonds. The first-order valence-electron chi connectivity index (χ1n) is 8.60. The van der Waals surface area contributed by atoms with Gasteiger partial charge in [-0.15, -0.1) is 0 Å². The van der Waals surface area contributed by atoms with Gasteiger partial charge in [0, 0.05) is 16.3 Å². The number of sulfonamides is 1. The van der Waals surface area contributed by atoms with Crippen LogP contribution in [-0.2, 0) is 10.0 Å². The fourth-order valence-corrected chi connectivity index (χ4v) is 4.07. The third-order valence-corrected chi connectivity index (χ3v) is 5.91. The second-order valence-electron chi connectivity index (χ2n) is 6.21. The van der Waals surface area contributed by atoms with E-state index < -0.39 is 10.0 Å². The number of benzene rings is 3. The molecular weight excluding hydrogens is 396 g/mol. The van der Waals surface area contributed by atoms with Crippen LogP contribution in [0.15, 0.2) is 83.8 Å². The van der Waals surface area contributed by atoms with Crippen LogP contribution in [0.4, 0.5) is 5.69 Å². The third-order valence-electron chi connectivity index (χ3n) is 4.17. The molecule has 0 heterocycles. The van der Waals surface area contributed by atoms with Crippen LogP contribution in [0, 0.1) is 0 Å². The van der Waals surface area contributed by atoms with Gasteiger partial charge in [-0.25, -0.2) is 8.42 Å². The predicted octanol–water partition coefficient (Wildman–Crippen LogP) is 4.63. The molecule has 7 heteroatoms. The van der Waals surface area contributed by atoms with E-state index in [9.17, 15) is 13.2 Å². The average molecular weight is 415 g/mol. The molecule has 0 saturated carbocycles. The van der Waals surface area contributed by atoms with Crippen molar-refractivity contribution in [3.8, 4) is 0 Å². The number of hydrogen-bond acceptors (Lipinski definition) is 3. The summed E-state index contributed by atoms with van der Waals surface area (Å²) in [4.78, 5) is 12.6. The molecular formula is C21H19ClN2O3S. The van der Waals surface area contributed by atoms with Crippen LogP contribution in [0.25, 0.3) is 0 Å². The second kappa shape index (κ2) is 8.46. The summed E-state index contributed by atoms with van der Waals surface area (Å²) in [6.45, 7) is 1.85. The van der Waals surface area contributed by atoms with Crippen molar-refractivity contribution in [1.82, 2.24) is 5.32 Å². The minimum atomic E-state index is -3.67. The molecule has 0 fully saturated rings. The molecule has 144 valence electrons. The topological polar surface area (TPSA) is 75.3 Å². The van der Waals surface area contributed by atoms with E-state index in [1.54, 1.807) is 48.5 Å². The Hall–Kier alpha value is -2.83. The zero-order valence-corrected chi connectivity index (χ0v) is 16.7. The summed E-state index contributed by atoms with van der Waals surface area (Å²) in [5, 5.41) is 3.47. The van der Waals surface area contributed by atoms with Gasteiger partial charge in [-0.1, -0.05) is 48.0 Å². The molecule has 0 aromatic heterocycles. The molecule has 0 spiro atoms. The fraction of sp³-hybridized carbons (Fsp3) is 0.0952. The molecule has 1 unspecified atom stereocenters. The Bertz CT molecular complexity index is 1070. The summed E-state index contributed by atoms with van der Waals surface area (Å²) in [6, 6.07) is 21.4. The molecule has 3 aromatic rings. The van der Waals surface area contributed by atoms with Crippen LogP contribution in [0.2, 0.25) is 5.02 Å². The summed E-state index contributed by atoms with van der Waals surface area (Å²) >= 11 is 6.16. The molecule has 0 aliphatic carbocycles. The molecule has 1 atom stereocenters. The highest BCUT2D eigenvalue weighted by molar-refractivity contribution is 7.92. The summed E-state index contributed by atoms with van der Waals surface area (Å²) in [7, 11) is -3.67. The number of rotatable bonds is 6. The molecule has 2 N–H and O–H groups in total. The standard InChI is InChI=1S/C21H19ClN2O3S/c1-15(19-9-5-6-10-20(19)22)23-21(25)16-11-13-17(14-12-16)24-28(26,27)18-7-3-2-4-8-18/h2-15,24H,1H3,(H,23,25). The highest BCUT2D eigenvalue weighted by Crippen LogP contribution is 2.23. The smallest absolute Gasteiger partial charge is 0.261 e. The number of carbonyl (C=O) groups is 1. The van der Waals surface area contributed by atoms with E-state index in [1.165, 1.54) is 12.1 Å². The second-order valence-corrected chi connectivity index (χ2v) is 8.30. The predicted molar refractivity (Wildman–Crippen MR) is 111 cm³/mol. The van der Waals surface area contributed by atoms with E-state index in [2.05, 4.69) is 10.0 Å². The molecule has 0 bridgehead atoms. The normalized spacial score (nSPS) is 12.2. The monoisotopic (exact) mass is 414 g/mol. The first kappa shape index (κ1) is 19.9. The zero-order valence-electron chi connectivity index (χ0n) is 15.1. The van der Waals surface area contributed by atoms with Crippen LogP contribution in [0.5, 0.6) is 0 Å². The van der Waals surface area contributed by atoms with Gasteiger partial charge in [0.05, 0.1) is 10.9 Å². The SMILES string of the molecule is CC(NC(=O)c1ccc(NS(=O)(=O)c2ccccc2)cc1)c1ccccc1Cl. The summed E-state index contributed by atoms with van der Waals surface area (Å²) in [5.41, 5.74) is 1.62. The largest absolute Gasteiger partial charge is 0.345 e. The lowest BCUT2D eigenvalue weighted by atomic mass is 10.1. The van der Waals surface area contributed by atoms with Gasteiger partial charge >= 0.3 is 0 Å². The number of carbonyl (C=O) groups excluding carboxylic acids is 1. The highest BCUT2D eigenvalue weighted by atomic mass is 35.5. The van der Waals surface area contributed by atoms with Gasteiger partial charge in [0.15, 0.2) is 0 Å². The molecule has 5 nitrogen and oxygen atoms in total. The average Bonchev–Trinajstić information content (AvgIpc) is 2.69. The van der Waals surface area contributed by atoms with E-state index in [1.807, 2.05) is 25.1 Å². The minimum Gasteiger partial charge on any atom is -0.345 e. The number of anilines is 1. The van der Waals surface area contributed by atoms with Crippen molar-refractivity contribution < 1.29 is 13.2 Å². The Morgan fingerprint density at radius 1 is 0.893 bits per heavy atom. The van der Waals surface area contributed by atoms with Gasteiger partial charge in [-0.2, -0.15) is 0 Å². The summed E-state index contributed by atoms with van der Waals surface area (Å²) in [5.74, 6) is -0.273. The molecule has 0 radical (unpaired) electrons. The van der Waals surface area contributed by atoms with Gasteiger partial charge < -0.3 is 5.32 Å². The molecule has 0 aliphatic rings. The van der Waals surface area contributed by atoms with Gasteiger partial charge in [0.2, 0.25) is 0 Å². The Morgan fingerprint density at radius 3 is 2.14 bits per heavy atom. The molecule has 0 aliphatic heterocycles. The van der Waals surface area contributed by atoms with Crippen molar-refractivity contribution in [1.29, 1.82) is 0 Å². The van der Waals surface area contributed by atoms with Crippen molar-refractivity contribution in [3.63, 3.8) is 0 Å². The Balaban J connectivity index is 1.69. The maximum absolute atomic E-state index is 12.5. The van der Waals surface area contributed by atoms with Crippen molar-refractivity contribution >= 4 is 33.2 Å². The minimum absolute atomic E-state index is 0.172. The Labute approximate surface area is 169 Å². The van der Waals surface area contributed by atoms with Gasteiger partial charge in [-0.3, -0.25) is 9.52 Å². The lowest BCUT2D eigenvalue weighted by molar-refractivity contribution is 0.0940. The maximum Gasteiger partial charge on any atom is 0.261 e. The molecule has 3 rings (SSSR count). The van der Waals surface area contributed by atoms with E-state index in [4.69, 9.17) is 11.6 Å². The summed E-state index contributed by atoms with van der Waals surface area (Å²) in [6.07, 6.45) is 0. The van der Waals surface area contributed by atoms with Crippen LogP contribution >= 0.6 is 11.6 Å². The first-order valence-corrected chi connectivity index (χ1v) is 10.5. The van der Waals surface area contributed by atoms with E-state index in [-0.39, 0.29) is 16.8 Å². The van der Waals surface area contributed by atoms with Crippen molar-refractivity contribution in [3.05, 3.63) is 95.0 Å². The van der Waals surface area contributed by atoms with E-state index >= 15 is 0 Å². The summed E-state index contributed by atoms with van der Waals surface area (Å²) < 4.78 is 27.2. The Morgan fingerprint density at radius 2 is 1.50 bits per heavy atom.